The first kappa shape index (κ1) is 19.8. The summed E-state index contributed by atoms with van der Waals surface area (Å²) in [5.41, 5.74) is 5.35. The van der Waals surface area contributed by atoms with Crippen molar-refractivity contribution in [2.24, 2.45) is 5.73 Å². The summed E-state index contributed by atoms with van der Waals surface area (Å²) in [5, 5.41) is 27.2. The monoisotopic (exact) mass is 325 g/mol. The number of ether oxygens (including phenoxy) is 1. The molecule has 0 fully saturated rings. The van der Waals surface area contributed by atoms with Gasteiger partial charge in [-0.15, -0.1) is 20.2 Å². The summed E-state index contributed by atoms with van der Waals surface area (Å²) in [6, 6.07) is -1.14. The zero-order chi connectivity index (χ0) is 17.1. The Balaban J connectivity index is 3.94. The fraction of sp³-hybridized carbons (Fsp3) is 0.900. The fourth-order valence-electron chi connectivity index (χ4n) is 1.37. The minimum Gasteiger partial charge on any atom is -0.464 e. The van der Waals surface area contributed by atoms with Crippen LogP contribution in [0.15, 0.2) is 0 Å². The molecule has 0 rings (SSSR count). The van der Waals surface area contributed by atoms with Crippen molar-refractivity contribution < 1.29 is 34.5 Å². The van der Waals surface area contributed by atoms with Gasteiger partial charge in [-0.1, -0.05) is 0 Å². The highest BCUT2D eigenvalue weighted by Gasteiger charge is 2.20. The van der Waals surface area contributed by atoms with E-state index in [0.717, 1.165) is 0 Å². The summed E-state index contributed by atoms with van der Waals surface area (Å²) in [6.45, 7) is 0.780. The minimum atomic E-state index is -1.14. The smallest absolute Gasteiger partial charge is 0.325 e. The third kappa shape index (κ3) is 9.66. The third-order valence-corrected chi connectivity index (χ3v) is 2.56. The second-order valence-corrected chi connectivity index (χ2v) is 4.40. The molecular formula is C10H19N3O9. The molecule has 0 amide bonds. The van der Waals surface area contributed by atoms with Crippen LogP contribution in [0.1, 0.15) is 26.2 Å². The first-order valence-corrected chi connectivity index (χ1v) is 6.42. The van der Waals surface area contributed by atoms with Crippen LogP contribution in [0.4, 0.5) is 0 Å². The van der Waals surface area contributed by atoms with Gasteiger partial charge < -0.3 is 25.3 Å². The Hall–Kier alpha value is -2.21. The number of carbonyl (C=O) groups is 1. The van der Waals surface area contributed by atoms with E-state index in [4.69, 9.17) is 15.6 Å². The van der Waals surface area contributed by atoms with Gasteiger partial charge in [0.1, 0.15) is 18.8 Å². The van der Waals surface area contributed by atoms with Gasteiger partial charge in [0.2, 0.25) is 0 Å². The van der Waals surface area contributed by atoms with Crippen LogP contribution < -0.4 is 5.73 Å². The number of aliphatic hydroxyl groups excluding tert-OH is 1. The number of hydrogen-bond acceptors (Lipinski definition) is 10. The van der Waals surface area contributed by atoms with Crippen LogP contribution in [0.5, 0.6) is 0 Å². The van der Waals surface area contributed by atoms with Gasteiger partial charge in [0.05, 0.1) is 12.7 Å². The van der Waals surface area contributed by atoms with Gasteiger partial charge >= 0.3 is 5.97 Å². The predicted molar refractivity (Wildman–Crippen MR) is 69.3 cm³/mol. The molecule has 3 N–H and O–H groups in total. The van der Waals surface area contributed by atoms with Gasteiger partial charge in [0.25, 0.3) is 10.2 Å². The van der Waals surface area contributed by atoms with Crippen molar-refractivity contribution in [1.29, 1.82) is 0 Å². The van der Waals surface area contributed by atoms with Crippen molar-refractivity contribution in [3.05, 3.63) is 20.2 Å². The largest absolute Gasteiger partial charge is 0.464 e. The molecule has 0 aliphatic carbocycles. The molecule has 0 heterocycles. The summed E-state index contributed by atoms with van der Waals surface area (Å²) in [7, 11) is 0. The lowest BCUT2D eigenvalue weighted by Crippen LogP contribution is -2.41. The van der Waals surface area contributed by atoms with Crippen LogP contribution in [0.2, 0.25) is 0 Å². The second-order valence-electron chi connectivity index (χ2n) is 4.40. The second kappa shape index (κ2) is 10.5. The van der Waals surface area contributed by atoms with Crippen LogP contribution in [-0.2, 0) is 19.2 Å². The molecule has 0 aliphatic heterocycles. The first-order valence-electron chi connectivity index (χ1n) is 6.42. The highest BCUT2D eigenvalue weighted by molar-refractivity contribution is 5.76. The Kier molecular flexibility index (Phi) is 9.45. The van der Waals surface area contributed by atoms with Gasteiger partial charge in [0.15, 0.2) is 0 Å². The molecule has 3 unspecified atom stereocenters. The van der Waals surface area contributed by atoms with E-state index < -0.39 is 41.0 Å². The van der Waals surface area contributed by atoms with Crippen molar-refractivity contribution in [2.75, 3.05) is 13.2 Å². The van der Waals surface area contributed by atoms with Crippen LogP contribution in [0, 0.1) is 20.2 Å². The molecule has 0 bridgehead atoms. The molecule has 3 atom stereocenters. The molecule has 128 valence electrons. The number of carbonyl (C=O) groups excluding carboxylic acids is 1. The van der Waals surface area contributed by atoms with Crippen molar-refractivity contribution in [3.8, 4) is 0 Å². The molecule has 0 saturated carbocycles. The number of aliphatic hydroxyl groups is 1. The van der Waals surface area contributed by atoms with Crippen LogP contribution in [0.25, 0.3) is 0 Å². The quantitative estimate of drug-likeness (QED) is 0.199. The van der Waals surface area contributed by atoms with E-state index in [-0.39, 0.29) is 13.0 Å². The molecule has 0 aromatic heterocycles. The van der Waals surface area contributed by atoms with Crippen LogP contribution in [0.3, 0.4) is 0 Å². The van der Waals surface area contributed by atoms with E-state index in [1.807, 2.05) is 0 Å². The summed E-state index contributed by atoms with van der Waals surface area (Å²) < 4.78 is 4.79. The number of unbranched alkanes of at least 4 members (excludes halogenated alkanes) is 1. The molecule has 0 aromatic carbocycles. The van der Waals surface area contributed by atoms with Gasteiger partial charge in [-0.25, -0.2) is 0 Å². The van der Waals surface area contributed by atoms with Gasteiger partial charge in [-0.3, -0.25) is 4.79 Å². The maximum absolute atomic E-state index is 11.3. The van der Waals surface area contributed by atoms with Crippen molar-refractivity contribution in [2.45, 2.75) is 44.4 Å². The lowest BCUT2D eigenvalue weighted by Gasteiger charge is -2.15. The van der Waals surface area contributed by atoms with Crippen molar-refractivity contribution >= 4 is 5.97 Å². The zero-order valence-corrected chi connectivity index (χ0v) is 12.0. The molecule has 12 heteroatoms. The predicted octanol–water partition coefficient (Wildman–Crippen LogP) is -0.807. The minimum absolute atomic E-state index is 0.000527. The SMILES string of the molecule is CC(O)C(N)C(=O)OCCCCC(CO[N+](=O)[O-])O[N+](=O)[O-]. The number of nitrogens with zero attached hydrogens (tertiary/aromatic N) is 2. The zero-order valence-electron chi connectivity index (χ0n) is 12.0. The van der Waals surface area contributed by atoms with Crippen LogP contribution >= 0.6 is 0 Å². The number of nitrogens with two attached hydrogens (primary N) is 1. The van der Waals surface area contributed by atoms with E-state index in [1.165, 1.54) is 6.92 Å². The van der Waals surface area contributed by atoms with Gasteiger partial charge in [-0.2, -0.15) is 0 Å². The maximum atomic E-state index is 11.3. The Labute approximate surface area is 125 Å². The highest BCUT2D eigenvalue weighted by atomic mass is 17.0. The van der Waals surface area contributed by atoms with Gasteiger partial charge in [-0.05, 0) is 26.2 Å². The van der Waals surface area contributed by atoms with E-state index in [1.54, 1.807) is 0 Å². The number of hydrogen-bond donors (Lipinski definition) is 2. The van der Waals surface area contributed by atoms with Crippen molar-refractivity contribution in [1.82, 2.24) is 0 Å². The van der Waals surface area contributed by atoms with Crippen molar-refractivity contribution in [3.63, 3.8) is 0 Å². The maximum Gasteiger partial charge on any atom is 0.325 e. The molecular weight excluding hydrogens is 306 g/mol. The lowest BCUT2D eigenvalue weighted by atomic mass is 10.1. The first-order chi connectivity index (χ1) is 10.2. The summed E-state index contributed by atoms with van der Waals surface area (Å²) in [4.78, 5) is 39.8. The number of esters is 1. The molecule has 0 radical (unpaired) electrons. The van der Waals surface area contributed by atoms with E-state index >= 15 is 0 Å². The molecule has 22 heavy (non-hydrogen) atoms. The molecule has 0 saturated heterocycles. The lowest BCUT2D eigenvalue weighted by molar-refractivity contribution is -0.790. The van der Waals surface area contributed by atoms with Gasteiger partial charge in [0, 0.05) is 0 Å². The molecule has 0 spiro atoms. The average molecular weight is 325 g/mol. The Morgan fingerprint density at radius 3 is 2.41 bits per heavy atom. The normalized spacial score (nSPS) is 14.5. The fourth-order valence-corrected chi connectivity index (χ4v) is 1.37. The summed E-state index contributed by atoms with van der Waals surface area (Å²) in [5.74, 6) is -0.759. The number of rotatable bonds is 12. The standard InChI is InChI=1S/C10H19N3O9/c1-7(14)9(11)10(15)20-5-3-2-4-8(22-13(18)19)6-21-12(16)17/h7-9,14H,2-6,11H2,1H3. The van der Waals surface area contributed by atoms with E-state index in [0.29, 0.717) is 12.8 Å². The van der Waals surface area contributed by atoms with Crippen LogP contribution in [-0.4, -0.2) is 52.7 Å². The summed E-state index contributed by atoms with van der Waals surface area (Å²) in [6.07, 6.45) is -1.33. The molecule has 12 nitrogen and oxygen atoms in total. The van der Waals surface area contributed by atoms with E-state index in [2.05, 4.69) is 9.68 Å². The highest BCUT2D eigenvalue weighted by Crippen LogP contribution is 2.07. The Morgan fingerprint density at radius 1 is 1.27 bits per heavy atom. The Bertz CT molecular complexity index is 377. The topological polar surface area (TPSA) is 177 Å². The third-order valence-electron chi connectivity index (χ3n) is 2.56. The average Bonchev–Trinajstić information content (AvgIpc) is 2.42. The summed E-state index contributed by atoms with van der Waals surface area (Å²) >= 11 is 0. The van der Waals surface area contributed by atoms with E-state index in [9.17, 15) is 25.0 Å². The Morgan fingerprint density at radius 2 is 1.91 bits per heavy atom. The molecule has 0 aliphatic rings. The molecule has 0 aromatic rings.